The summed E-state index contributed by atoms with van der Waals surface area (Å²) < 4.78 is 7.22. The van der Waals surface area contributed by atoms with Crippen LogP contribution in [0.3, 0.4) is 0 Å². The van der Waals surface area contributed by atoms with Gasteiger partial charge in [-0.3, -0.25) is 5.10 Å². The van der Waals surface area contributed by atoms with E-state index in [1.807, 2.05) is 42.7 Å². The van der Waals surface area contributed by atoms with Crippen LogP contribution in [-0.4, -0.2) is 39.9 Å². The Balaban J connectivity index is 1.21. The van der Waals surface area contributed by atoms with E-state index in [4.69, 9.17) is 9.72 Å². The predicted octanol–water partition coefficient (Wildman–Crippen LogP) is 4.76. The number of hydrogen-bond donors (Lipinski definition) is 2. The van der Waals surface area contributed by atoms with Crippen LogP contribution in [0, 0.1) is 0 Å². The summed E-state index contributed by atoms with van der Waals surface area (Å²) in [5.41, 5.74) is 4.27. The molecule has 1 aliphatic heterocycles. The molecule has 0 bridgehead atoms. The van der Waals surface area contributed by atoms with Gasteiger partial charge in [-0.2, -0.15) is 5.10 Å². The van der Waals surface area contributed by atoms with Gasteiger partial charge in [0.1, 0.15) is 6.10 Å². The first-order valence-electron chi connectivity index (χ1n) is 10.7. The normalized spacial score (nSPS) is 16.6. The number of hydrogen-bond acceptors (Lipinski definition) is 7. The molecule has 4 heterocycles. The molecule has 160 valence electrons. The van der Waals surface area contributed by atoms with Gasteiger partial charge in [0.05, 0.1) is 41.3 Å². The van der Waals surface area contributed by atoms with Crippen LogP contribution in [-0.2, 0) is 11.3 Å². The van der Waals surface area contributed by atoms with Gasteiger partial charge in [-0.1, -0.05) is 30.3 Å². The Bertz CT molecular complexity index is 1360. The van der Waals surface area contributed by atoms with Gasteiger partial charge in [-0.15, -0.1) is 11.3 Å². The van der Waals surface area contributed by atoms with Crippen LogP contribution in [0.4, 0.5) is 11.6 Å². The van der Waals surface area contributed by atoms with Crippen molar-refractivity contribution in [2.45, 2.75) is 12.6 Å². The van der Waals surface area contributed by atoms with Gasteiger partial charge in [0.2, 0.25) is 5.95 Å². The van der Waals surface area contributed by atoms with Crippen molar-refractivity contribution in [3.63, 3.8) is 0 Å². The minimum Gasteiger partial charge on any atom is -0.380 e. The summed E-state index contributed by atoms with van der Waals surface area (Å²) >= 11 is 1.73. The molecule has 3 aromatic heterocycles. The first-order chi connectivity index (χ1) is 15.8. The summed E-state index contributed by atoms with van der Waals surface area (Å²) in [6.45, 7) is 2.89. The Kier molecular flexibility index (Phi) is 4.93. The lowest BCUT2D eigenvalue weighted by molar-refractivity contribution is 0.0402. The highest BCUT2D eigenvalue weighted by Crippen LogP contribution is 2.31. The maximum Gasteiger partial charge on any atom is 0.226 e. The molecule has 0 saturated carbocycles. The lowest BCUT2D eigenvalue weighted by Gasteiger charge is -2.33. The summed E-state index contributed by atoms with van der Waals surface area (Å²) in [6.07, 6.45) is 3.76. The number of thiophene rings is 1. The fraction of sp³-hybridized carbons (Fsp3) is 0.208. The SMILES string of the molecule is c1ccc(NCc2cc3nc(N4CCOC(c5cccc6[nH]ncc56)C4)ncc3s2)cc1. The Labute approximate surface area is 189 Å². The van der Waals surface area contributed by atoms with Crippen molar-refractivity contribution in [3.05, 3.63) is 77.4 Å². The van der Waals surface area contributed by atoms with E-state index in [-0.39, 0.29) is 6.10 Å². The van der Waals surface area contributed by atoms with Crippen molar-refractivity contribution in [2.24, 2.45) is 0 Å². The van der Waals surface area contributed by atoms with Crippen molar-refractivity contribution in [2.75, 3.05) is 29.9 Å². The van der Waals surface area contributed by atoms with E-state index in [0.717, 1.165) is 51.4 Å². The summed E-state index contributed by atoms with van der Waals surface area (Å²) in [5, 5.41) is 11.8. The van der Waals surface area contributed by atoms with Crippen LogP contribution in [0.15, 0.2) is 67.0 Å². The van der Waals surface area contributed by atoms with Gasteiger partial charge in [-0.25, -0.2) is 9.97 Å². The van der Waals surface area contributed by atoms with Gasteiger partial charge in [0.25, 0.3) is 0 Å². The average molecular weight is 443 g/mol. The highest BCUT2D eigenvalue weighted by atomic mass is 32.1. The molecule has 2 aromatic carbocycles. The second-order valence-corrected chi connectivity index (χ2v) is 9.00. The van der Waals surface area contributed by atoms with E-state index in [2.05, 4.69) is 49.7 Å². The molecule has 8 heteroatoms. The molecule has 1 saturated heterocycles. The average Bonchev–Trinajstić information content (AvgIpc) is 3.49. The predicted molar refractivity (Wildman–Crippen MR) is 128 cm³/mol. The van der Waals surface area contributed by atoms with Crippen molar-refractivity contribution < 1.29 is 4.74 Å². The summed E-state index contributed by atoms with van der Waals surface area (Å²) in [7, 11) is 0. The zero-order valence-electron chi connectivity index (χ0n) is 17.4. The minimum atomic E-state index is -0.0440. The van der Waals surface area contributed by atoms with Crippen molar-refractivity contribution in [1.29, 1.82) is 0 Å². The van der Waals surface area contributed by atoms with Crippen LogP contribution in [0.25, 0.3) is 21.1 Å². The standard InChI is InChI=1S/C24H22N6OS/c1-2-5-16(6-3-1)25-12-17-11-21-23(32-17)14-26-24(28-21)30-9-10-31-22(15-30)18-7-4-8-20-19(18)13-27-29-20/h1-8,11,13-14,22,25H,9-10,12,15H2,(H,27,29). The molecule has 0 aliphatic carbocycles. The molecule has 2 N–H and O–H groups in total. The van der Waals surface area contributed by atoms with Crippen molar-refractivity contribution in [1.82, 2.24) is 20.2 Å². The molecule has 0 radical (unpaired) electrons. The Hall–Kier alpha value is -3.49. The molecule has 7 nitrogen and oxygen atoms in total. The first-order valence-corrected chi connectivity index (χ1v) is 11.5. The summed E-state index contributed by atoms with van der Waals surface area (Å²) in [4.78, 5) is 13.0. The number of benzene rings is 2. The Morgan fingerprint density at radius 1 is 1.12 bits per heavy atom. The molecule has 32 heavy (non-hydrogen) atoms. The van der Waals surface area contributed by atoms with Crippen LogP contribution < -0.4 is 10.2 Å². The van der Waals surface area contributed by atoms with Crippen LogP contribution in [0.1, 0.15) is 16.5 Å². The number of nitrogens with one attached hydrogen (secondary N) is 2. The van der Waals surface area contributed by atoms with Gasteiger partial charge in [-0.05, 0) is 29.8 Å². The topological polar surface area (TPSA) is 79.0 Å². The highest BCUT2D eigenvalue weighted by Gasteiger charge is 2.25. The quantitative estimate of drug-likeness (QED) is 0.409. The Morgan fingerprint density at radius 2 is 2.06 bits per heavy atom. The van der Waals surface area contributed by atoms with E-state index in [1.165, 1.54) is 4.88 Å². The molecule has 1 aliphatic rings. The van der Waals surface area contributed by atoms with Crippen LogP contribution in [0.5, 0.6) is 0 Å². The lowest BCUT2D eigenvalue weighted by atomic mass is 10.0. The summed E-state index contributed by atoms with van der Waals surface area (Å²) in [6, 6.07) is 18.6. The number of anilines is 2. The number of rotatable bonds is 5. The second-order valence-electron chi connectivity index (χ2n) is 7.84. The number of H-pyrrole nitrogens is 1. The number of fused-ring (bicyclic) bond motifs is 2. The molecule has 6 rings (SSSR count). The third-order valence-electron chi connectivity index (χ3n) is 5.76. The molecule has 1 fully saturated rings. The zero-order valence-corrected chi connectivity index (χ0v) is 18.2. The first kappa shape index (κ1) is 19.2. The number of para-hydroxylation sites is 1. The number of nitrogens with zero attached hydrogens (tertiary/aromatic N) is 4. The highest BCUT2D eigenvalue weighted by molar-refractivity contribution is 7.19. The Morgan fingerprint density at radius 3 is 3.00 bits per heavy atom. The van der Waals surface area contributed by atoms with Crippen molar-refractivity contribution in [3.8, 4) is 0 Å². The summed E-state index contributed by atoms with van der Waals surface area (Å²) in [5.74, 6) is 0.755. The fourth-order valence-corrected chi connectivity index (χ4v) is 5.07. The fourth-order valence-electron chi connectivity index (χ4n) is 4.15. The number of aromatic nitrogens is 4. The molecular formula is C24H22N6OS. The maximum atomic E-state index is 6.11. The number of ether oxygens (including phenoxy) is 1. The largest absolute Gasteiger partial charge is 0.380 e. The molecule has 5 aromatic rings. The number of aromatic amines is 1. The third-order valence-corrected chi connectivity index (χ3v) is 6.82. The lowest BCUT2D eigenvalue weighted by Crippen LogP contribution is -2.39. The van der Waals surface area contributed by atoms with E-state index < -0.39 is 0 Å². The van der Waals surface area contributed by atoms with Gasteiger partial charge < -0.3 is 15.0 Å². The van der Waals surface area contributed by atoms with E-state index >= 15 is 0 Å². The smallest absolute Gasteiger partial charge is 0.226 e. The second kappa shape index (κ2) is 8.22. The molecule has 1 atom stereocenters. The van der Waals surface area contributed by atoms with Crippen molar-refractivity contribution >= 4 is 44.1 Å². The number of morpholine rings is 1. The molecule has 0 amide bonds. The zero-order chi connectivity index (χ0) is 21.3. The van der Waals surface area contributed by atoms with Crippen LogP contribution >= 0.6 is 11.3 Å². The van der Waals surface area contributed by atoms with E-state index in [1.54, 1.807) is 11.3 Å². The minimum absolute atomic E-state index is 0.0440. The van der Waals surface area contributed by atoms with E-state index in [0.29, 0.717) is 13.2 Å². The van der Waals surface area contributed by atoms with Gasteiger partial charge >= 0.3 is 0 Å². The van der Waals surface area contributed by atoms with Crippen LogP contribution in [0.2, 0.25) is 0 Å². The molecule has 1 unspecified atom stereocenters. The maximum absolute atomic E-state index is 6.11. The third kappa shape index (κ3) is 3.68. The monoisotopic (exact) mass is 442 g/mol. The van der Waals surface area contributed by atoms with Gasteiger partial charge in [0, 0.05) is 29.0 Å². The van der Waals surface area contributed by atoms with Gasteiger partial charge in [0.15, 0.2) is 0 Å². The molecular weight excluding hydrogens is 420 g/mol. The molecule has 0 spiro atoms. The van der Waals surface area contributed by atoms with E-state index in [9.17, 15) is 0 Å².